The molecule has 0 aliphatic carbocycles. The van der Waals surface area contributed by atoms with Gasteiger partial charge >= 0.3 is 0 Å². The maximum atomic E-state index is 11.4. The summed E-state index contributed by atoms with van der Waals surface area (Å²) in [7, 11) is 0. The number of rotatable bonds is 3. The van der Waals surface area contributed by atoms with Gasteiger partial charge in [0.25, 0.3) is 0 Å². The zero-order chi connectivity index (χ0) is 16.5. The Balaban J connectivity index is 1.81. The molecule has 0 aliphatic heterocycles. The summed E-state index contributed by atoms with van der Waals surface area (Å²) in [4.78, 5) is 15.8. The molecule has 116 valence electrons. The topological polar surface area (TPSA) is 47.3 Å². The number of nitrogens with zero attached hydrogens (tertiary/aromatic N) is 3. The van der Waals surface area contributed by atoms with Crippen LogP contribution in [-0.2, 0) is 0 Å². The number of aromatic nitrogens is 3. The van der Waals surface area contributed by atoms with E-state index < -0.39 is 0 Å². The zero-order valence-electron chi connectivity index (χ0n) is 13.2. The van der Waals surface area contributed by atoms with E-state index in [4.69, 9.17) is 5.10 Å². The first-order valence-corrected chi connectivity index (χ1v) is 7.74. The lowest BCUT2D eigenvalue weighted by Crippen LogP contribution is -1.97. The largest absolute Gasteiger partial charge is 0.295 e. The first kappa shape index (κ1) is 14.3. The number of hydrogen-bond donors (Lipinski definition) is 0. The highest BCUT2D eigenvalue weighted by Gasteiger charge is 2.09. The van der Waals surface area contributed by atoms with Crippen molar-refractivity contribution in [2.75, 3.05) is 0 Å². The Morgan fingerprint density at radius 1 is 0.875 bits per heavy atom. The van der Waals surface area contributed by atoms with Crippen LogP contribution in [0.25, 0.3) is 28.2 Å². The van der Waals surface area contributed by atoms with E-state index in [2.05, 4.69) is 4.98 Å². The van der Waals surface area contributed by atoms with E-state index in [1.807, 2.05) is 77.4 Å². The standard InChI is InChI=1S/C20H15N3O/c1-14(24)15-7-9-16(10-8-15)18-11-12-20-21-13-19(23(20)22-18)17-5-3-2-4-6-17/h2-13H,1H3. The molecule has 0 saturated carbocycles. The molecule has 0 fully saturated rings. The van der Waals surface area contributed by atoms with Gasteiger partial charge in [0.05, 0.1) is 17.6 Å². The van der Waals surface area contributed by atoms with Crippen LogP contribution in [0.5, 0.6) is 0 Å². The average Bonchev–Trinajstić information content (AvgIpc) is 3.05. The van der Waals surface area contributed by atoms with Crippen molar-refractivity contribution in [1.82, 2.24) is 14.6 Å². The lowest BCUT2D eigenvalue weighted by Gasteiger charge is -2.05. The van der Waals surface area contributed by atoms with Gasteiger partial charge in [-0.25, -0.2) is 9.50 Å². The minimum absolute atomic E-state index is 0.0611. The fourth-order valence-corrected chi connectivity index (χ4v) is 2.71. The summed E-state index contributed by atoms with van der Waals surface area (Å²) in [5.41, 5.74) is 5.34. The fraction of sp³-hybridized carbons (Fsp3) is 0.0500. The van der Waals surface area contributed by atoms with Crippen LogP contribution < -0.4 is 0 Å². The minimum atomic E-state index is 0.0611. The molecule has 2 aromatic carbocycles. The maximum absolute atomic E-state index is 11.4. The van der Waals surface area contributed by atoms with Crippen molar-refractivity contribution in [1.29, 1.82) is 0 Å². The van der Waals surface area contributed by atoms with Gasteiger partial charge in [-0.2, -0.15) is 5.10 Å². The Hall–Kier alpha value is -3.27. The maximum Gasteiger partial charge on any atom is 0.159 e. The summed E-state index contributed by atoms with van der Waals surface area (Å²) in [5, 5.41) is 4.73. The number of carbonyl (C=O) groups excluding carboxylic acids is 1. The van der Waals surface area contributed by atoms with Crippen LogP contribution in [0.2, 0.25) is 0 Å². The molecule has 0 unspecified atom stereocenters. The van der Waals surface area contributed by atoms with E-state index in [1.54, 1.807) is 6.92 Å². The molecule has 4 aromatic rings. The molecule has 4 heteroatoms. The fourth-order valence-electron chi connectivity index (χ4n) is 2.71. The molecule has 2 aromatic heterocycles. The van der Waals surface area contributed by atoms with Gasteiger partial charge in [0, 0.05) is 16.7 Å². The number of benzene rings is 2. The van der Waals surface area contributed by atoms with E-state index in [9.17, 15) is 4.79 Å². The van der Waals surface area contributed by atoms with E-state index >= 15 is 0 Å². The van der Waals surface area contributed by atoms with E-state index in [0.29, 0.717) is 5.56 Å². The van der Waals surface area contributed by atoms with Crippen molar-refractivity contribution < 1.29 is 4.79 Å². The number of hydrogen-bond acceptors (Lipinski definition) is 3. The summed E-state index contributed by atoms with van der Waals surface area (Å²) in [6.45, 7) is 1.57. The molecule has 4 rings (SSSR count). The molecule has 0 amide bonds. The van der Waals surface area contributed by atoms with Crippen LogP contribution in [0, 0.1) is 0 Å². The second-order valence-electron chi connectivity index (χ2n) is 5.63. The molecule has 4 nitrogen and oxygen atoms in total. The van der Waals surface area contributed by atoms with Crippen molar-refractivity contribution in [2.45, 2.75) is 6.92 Å². The Labute approximate surface area is 139 Å². The van der Waals surface area contributed by atoms with Gasteiger partial charge in [0.1, 0.15) is 0 Å². The van der Waals surface area contributed by atoms with Crippen LogP contribution in [0.1, 0.15) is 17.3 Å². The van der Waals surface area contributed by atoms with E-state index in [-0.39, 0.29) is 5.78 Å². The van der Waals surface area contributed by atoms with Gasteiger partial charge in [0.2, 0.25) is 0 Å². The second-order valence-corrected chi connectivity index (χ2v) is 5.63. The normalized spacial score (nSPS) is 10.9. The second kappa shape index (κ2) is 5.74. The Morgan fingerprint density at radius 2 is 1.62 bits per heavy atom. The van der Waals surface area contributed by atoms with Gasteiger partial charge in [-0.15, -0.1) is 0 Å². The molecule has 24 heavy (non-hydrogen) atoms. The smallest absolute Gasteiger partial charge is 0.159 e. The lowest BCUT2D eigenvalue weighted by atomic mass is 10.1. The molecular weight excluding hydrogens is 298 g/mol. The molecule has 0 radical (unpaired) electrons. The summed E-state index contributed by atoms with van der Waals surface area (Å²) in [6, 6.07) is 21.5. The summed E-state index contributed by atoms with van der Waals surface area (Å²) >= 11 is 0. The van der Waals surface area contributed by atoms with Crippen LogP contribution in [0.4, 0.5) is 0 Å². The summed E-state index contributed by atoms with van der Waals surface area (Å²) in [6.07, 6.45) is 1.83. The molecule has 0 aliphatic rings. The molecular formula is C20H15N3O. The van der Waals surface area contributed by atoms with Gasteiger partial charge in [-0.1, -0.05) is 54.6 Å². The Morgan fingerprint density at radius 3 is 2.33 bits per heavy atom. The van der Waals surface area contributed by atoms with Crippen molar-refractivity contribution in [3.8, 4) is 22.5 Å². The number of Topliss-reactive ketones (excluding diaryl/α,β-unsaturated/α-hetero) is 1. The third-order valence-corrected chi connectivity index (χ3v) is 4.02. The third kappa shape index (κ3) is 2.48. The van der Waals surface area contributed by atoms with E-state index in [1.165, 1.54) is 0 Å². The summed E-state index contributed by atoms with van der Waals surface area (Å²) < 4.78 is 1.85. The highest BCUT2D eigenvalue weighted by Crippen LogP contribution is 2.23. The first-order valence-electron chi connectivity index (χ1n) is 7.74. The molecule has 0 bridgehead atoms. The van der Waals surface area contributed by atoms with Crippen molar-refractivity contribution in [3.63, 3.8) is 0 Å². The van der Waals surface area contributed by atoms with Gasteiger partial charge < -0.3 is 0 Å². The number of ketones is 1. The third-order valence-electron chi connectivity index (χ3n) is 4.02. The SMILES string of the molecule is CC(=O)c1ccc(-c2ccc3ncc(-c4ccccc4)n3n2)cc1. The predicted octanol–water partition coefficient (Wildman–Crippen LogP) is 4.27. The quantitative estimate of drug-likeness (QED) is 0.531. The Bertz CT molecular complexity index is 1020. The molecule has 0 saturated heterocycles. The minimum Gasteiger partial charge on any atom is -0.295 e. The average molecular weight is 313 g/mol. The highest BCUT2D eigenvalue weighted by molar-refractivity contribution is 5.94. The predicted molar refractivity (Wildman–Crippen MR) is 93.9 cm³/mol. The van der Waals surface area contributed by atoms with Gasteiger partial charge in [-0.05, 0) is 19.1 Å². The van der Waals surface area contributed by atoms with Crippen molar-refractivity contribution in [2.24, 2.45) is 0 Å². The number of carbonyl (C=O) groups is 1. The van der Waals surface area contributed by atoms with Crippen molar-refractivity contribution >= 4 is 11.4 Å². The summed E-state index contributed by atoms with van der Waals surface area (Å²) in [5.74, 6) is 0.0611. The monoisotopic (exact) mass is 313 g/mol. The van der Waals surface area contributed by atoms with Gasteiger partial charge in [0.15, 0.2) is 11.4 Å². The van der Waals surface area contributed by atoms with Crippen LogP contribution in [0.3, 0.4) is 0 Å². The first-order chi connectivity index (χ1) is 11.7. The zero-order valence-corrected chi connectivity index (χ0v) is 13.2. The van der Waals surface area contributed by atoms with Crippen molar-refractivity contribution in [3.05, 3.63) is 78.5 Å². The van der Waals surface area contributed by atoms with Crippen LogP contribution in [-0.4, -0.2) is 20.4 Å². The molecule has 0 atom stereocenters. The van der Waals surface area contributed by atoms with Crippen LogP contribution in [0.15, 0.2) is 72.9 Å². The molecule has 0 spiro atoms. The lowest BCUT2D eigenvalue weighted by molar-refractivity contribution is 0.101. The van der Waals surface area contributed by atoms with E-state index in [0.717, 1.165) is 28.2 Å². The Kier molecular flexibility index (Phi) is 3.43. The number of imidazole rings is 1. The van der Waals surface area contributed by atoms with Crippen LogP contribution >= 0.6 is 0 Å². The van der Waals surface area contributed by atoms with Gasteiger partial charge in [-0.3, -0.25) is 4.79 Å². The number of fused-ring (bicyclic) bond motifs is 1. The molecule has 2 heterocycles. The molecule has 0 N–H and O–H groups in total. The highest BCUT2D eigenvalue weighted by atomic mass is 16.1.